The van der Waals surface area contributed by atoms with E-state index in [-0.39, 0.29) is 12.3 Å². The minimum absolute atomic E-state index is 0.0511. The molecular weight excluding hydrogens is 242 g/mol. The monoisotopic (exact) mass is 253 g/mol. The Kier molecular flexibility index (Phi) is 3.33. The summed E-state index contributed by atoms with van der Waals surface area (Å²) in [6.07, 6.45) is 0.271. The van der Waals surface area contributed by atoms with Crippen LogP contribution in [0.25, 0.3) is 0 Å². The smallest absolute Gasteiger partial charge is 0.310 e. The minimum atomic E-state index is -0.836. The fourth-order valence-electron chi connectivity index (χ4n) is 1.77. The van der Waals surface area contributed by atoms with E-state index < -0.39 is 11.9 Å². The largest absolute Gasteiger partial charge is 0.481 e. The Hall–Kier alpha value is -1.55. The van der Waals surface area contributed by atoms with Crippen LogP contribution < -0.4 is 0 Å². The predicted octanol–water partition coefficient (Wildman–Crippen LogP) is 1.43. The summed E-state index contributed by atoms with van der Waals surface area (Å²) in [7, 11) is 0. The summed E-state index contributed by atoms with van der Waals surface area (Å²) in [5, 5.41) is 9.30. The third kappa shape index (κ3) is 2.77. The molecule has 90 valence electrons. The zero-order valence-corrected chi connectivity index (χ0v) is 9.85. The minimum Gasteiger partial charge on any atom is -0.481 e. The first-order valence-corrected chi connectivity index (χ1v) is 5.69. The lowest BCUT2D eigenvalue weighted by molar-refractivity contribution is -0.152. The summed E-state index contributed by atoms with van der Waals surface area (Å²) in [5.41, 5.74) is 0.848. The van der Waals surface area contributed by atoms with Crippen LogP contribution in [0.5, 0.6) is 0 Å². The molecule has 1 N–H and O–H groups in total. The van der Waals surface area contributed by atoms with E-state index in [0.29, 0.717) is 18.1 Å². The van der Waals surface area contributed by atoms with Gasteiger partial charge in [0, 0.05) is 18.1 Å². The molecule has 5 heteroatoms. The summed E-state index contributed by atoms with van der Waals surface area (Å²) < 4.78 is 0. The van der Waals surface area contributed by atoms with E-state index in [1.807, 2.05) is 6.07 Å². The van der Waals surface area contributed by atoms with Gasteiger partial charge in [0.15, 0.2) is 0 Å². The molecule has 1 aliphatic heterocycles. The number of likely N-dealkylation sites (tertiary alicyclic amines) is 1. The van der Waals surface area contributed by atoms with Crippen molar-refractivity contribution >= 4 is 23.5 Å². The first-order valence-electron chi connectivity index (χ1n) is 5.31. The lowest BCUT2D eigenvalue weighted by atomic mass is 9.99. The second kappa shape index (κ2) is 4.75. The lowest BCUT2D eigenvalue weighted by Crippen LogP contribution is -2.53. The number of halogens is 1. The van der Waals surface area contributed by atoms with Crippen LogP contribution in [0.2, 0.25) is 5.02 Å². The molecule has 0 saturated carbocycles. The van der Waals surface area contributed by atoms with Gasteiger partial charge in [-0.25, -0.2) is 0 Å². The zero-order valence-electron chi connectivity index (χ0n) is 9.10. The summed E-state index contributed by atoms with van der Waals surface area (Å²) in [4.78, 5) is 23.9. The first-order chi connectivity index (χ1) is 8.06. The Morgan fingerprint density at radius 2 is 2.12 bits per heavy atom. The van der Waals surface area contributed by atoms with Crippen LogP contribution in [0.4, 0.5) is 0 Å². The molecule has 0 aromatic heterocycles. The number of carbonyl (C=O) groups is 2. The van der Waals surface area contributed by atoms with Gasteiger partial charge in [0.2, 0.25) is 5.91 Å². The lowest BCUT2D eigenvalue weighted by Gasteiger charge is -2.36. The van der Waals surface area contributed by atoms with Gasteiger partial charge in [-0.15, -0.1) is 0 Å². The predicted molar refractivity (Wildman–Crippen MR) is 62.9 cm³/mol. The molecule has 1 aromatic rings. The molecule has 0 unspecified atom stereocenters. The third-order valence-electron chi connectivity index (χ3n) is 2.83. The highest BCUT2D eigenvalue weighted by Crippen LogP contribution is 2.18. The van der Waals surface area contributed by atoms with E-state index in [1.54, 1.807) is 23.1 Å². The first kappa shape index (κ1) is 11.9. The van der Waals surface area contributed by atoms with Crippen molar-refractivity contribution < 1.29 is 14.7 Å². The molecule has 1 aliphatic rings. The van der Waals surface area contributed by atoms with Gasteiger partial charge in [-0.2, -0.15) is 0 Å². The fourth-order valence-corrected chi connectivity index (χ4v) is 1.98. The highest BCUT2D eigenvalue weighted by Gasteiger charge is 2.35. The van der Waals surface area contributed by atoms with Gasteiger partial charge in [0.1, 0.15) is 0 Å². The number of nitrogens with zero attached hydrogens (tertiary/aromatic N) is 1. The molecule has 0 aliphatic carbocycles. The van der Waals surface area contributed by atoms with Crippen molar-refractivity contribution in [1.29, 1.82) is 0 Å². The van der Waals surface area contributed by atoms with Crippen molar-refractivity contribution in [3.05, 3.63) is 34.9 Å². The quantitative estimate of drug-likeness (QED) is 0.887. The second-order valence-electron chi connectivity index (χ2n) is 4.14. The van der Waals surface area contributed by atoms with Gasteiger partial charge in [0.05, 0.1) is 12.3 Å². The number of carbonyl (C=O) groups excluding carboxylic acids is 1. The molecule has 0 radical (unpaired) electrons. The van der Waals surface area contributed by atoms with E-state index in [0.717, 1.165) is 5.56 Å². The highest BCUT2D eigenvalue weighted by molar-refractivity contribution is 6.30. The van der Waals surface area contributed by atoms with Gasteiger partial charge < -0.3 is 10.0 Å². The van der Waals surface area contributed by atoms with Crippen molar-refractivity contribution in [3.8, 4) is 0 Å². The Labute approximate surface area is 104 Å². The topological polar surface area (TPSA) is 57.6 Å². The van der Waals surface area contributed by atoms with E-state index in [9.17, 15) is 9.59 Å². The van der Waals surface area contributed by atoms with Gasteiger partial charge in [-0.3, -0.25) is 9.59 Å². The average Bonchev–Trinajstić information content (AvgIpc) is 2.13. The van der Waals surface area contributed by atoms with Crippen LogP contribution in [-0.4, -0.2) is 35.0 Å². The van der Waals surface area contributed by atoms with Crippen LogP contribution in [0.3, 0.4) is 0 Å². The normalized spacial score (nSPS) is 15.5. The SMILES string of the molecule is O=C(O)C1CN(C(=O)Cc2cccc(Cl)c2)C1. The van der Waals surface area contributed by atoms with E-state index >= 15 is 0 Å². The molecule has 1 heterocycles. The number of rotatable bonds is 3. The number of hydrogen-bond donors (Lipinski definition) is 1. The molecule has 0 bridgehead atoms. The van der Waals surface area contributed by atoms with Crippen molar-refractivity contribution in [2.75, 3.05) is 13.1 Å². The Morgan fingerprint density at radius 3 is 2.71 bits per heavy atom. The molecule has 1 saturated heterocycles. The van der Waals surface area contributed by atoms with E-state index in [1.165, 1.54) is 0 Å². The molecular formula is C12H12ClNO3. The molecule has 2 rings (SSSR count). The molecule has 17 heavy (non-hydrogen) atoms. The molecule has 0 atom stereocenters. The average molecular weight is 254 g/mol. The maximum absolute atomic E-state index is 11.8. The molecule has 1 amide bonds. The Morgan fingerprint density at radius 1 is 1.41 bits per heavy atom. The van der Waals surface area contributed by atoms with Crippen molar-refractivity contribution in [1.82, 2.24) is 4.90 Å². The van der Waals surface area contributed by atoms with Crippen LogP contribution >= 0.6 is 11.6 Å². The number of aliphatic carboxylic acids is 1. The highest BCUT2D eigenvalue weighted by atomic mass is 35.5. The van der Waals surface area contributed by atoms with E-state index in [4.69, 9.17) is 16.7 Å². The Balaban J connectivity index is 1.89. The van der Waals surface area contributed by atoms with Gasteiger partial charge in [-0.05, 0) is 17.7 Å². The van der Waals surface area contributed by atoms with Crippen LogP contribution in [0.1, 0.15) is 5.56 Å². The molecule has 4 nitrogen and oxygen atoms in total. The van der Waals surface area contributed by atoms with Crippen LogP contribution in [-0.2, 0) is 16.0 Å². The Bertz CT molecular complexity index is 455. The summed E-state index contributed by atoms with van der Waals surface area (Å²) in [5.74, 6) is -1.29. The number of benzene rings is 1. The van der Waals surface area contributed by atoms with Gasteiger partial charge in [0.25, 0.3) is 0 Å². The maximum atomic E-state index is 11.8. The standard InChI is InChI=1S/C12H12ClNO3/c13-10-3-1-2-8(4-10)5-11(15)14-6-9(7-14)12(16)17/h1-4,9H,5-7H2,(H,16,17). The maximum Gasteiger partial charge on any atom is 0.310 e. The third-order valence-corrected chi connectivity index (χ3v) is 3.06. The second-order valence-corrected chi connectivity index (χ2v) is 4.58. The molecule has 1 aromatic carbocycles. The number of carboxylic acid groups (broad SMARTS) is 1. The van der Waals surface area contributed by atoms with Crippen LogP contribution in [0.15, 0.2) is 24.3 Å². The van der Waals surface area contributed by atoms with E-state index in [2.05, 4.69) is 0 Å². The summed E-state index contributed by atoms with van der Waals surface area (Å²) in [6.45, 7) is 0.628. The van der Waals surface area contributed by atoms with Crippen molar-refractivity contribution in [2.45, 2.75) is 6.42 Å². The summed E-state index contributed by atoms with van der Waals surface area (Å²) >= 11 is 5.82. The fraction of sp³-hybridized carbons (Fsp3) is 0.333. The van der Waals surface area contributed by atoms with Gasteiger partial charge >= 0.3 is 5.97 Å². The summed E-state index contributed by atoms with van der Waals surface area (Å²) in [6, 6.07) is 7.12. The van der Waals surface area contributed by atoms with Crippen molar-refractivity contribution in [3.63, 3.8) is 0 Å². The number of amides is 1. The van der Waals surface area contributed by atoms with Crippen molar-refractivity contribution in [2.24, 2.45) is 5.92 Å². The number of carboxylic acids is 1. The van der Waals surface area contributed by atoms with Gasteiger partial charge in [-0.1, -0.05) is 23.7 Å². The molecule has 0 spiro atoms. The zero-order chi connectivity index (χ0) is 12.4. The molecule has 1 fully saturated rings. The number of hydrogen-bond acceptors (Lipinski definition) is 2. The van der Waals surface area contributed by atoms with Crippen LogP contribution in [0, 0.1) is 5.92 Å².